The van der Waals surface area contributed by atoms with E-state index in [1.54, 1.807) is 0 Å². The minimum Gasteiger partial charge on any atom is -0.507 e. The van der Waals surface area contributed by atoms with Crippen molar-refractivity contribution in [2.75, 3.05) is 18.1 Å². The van der Waals surface area contributed by atoms with Gasteiger partial charge in [-0.2, -0.15) is 0 Å². The van der Waals surface area contributed by atoms with E-state index in [-0.39, 0.29) is 34.9 Å². The zero-order chi connectivity index (χ0) is 24.9. The van der Waals surface area contributed by atoms with E-state index in [1.807, 2.05) is 60.7 Å². The lowest BCUT2D eigenvalue weighted by Gasteiger charge is -2.31. The molecule has 0 saturated carbocycles. The minimum absolute atomic E-state index is 0.0383. The molecule has 1 atom stereocenters. The highest BCUT2D eigenvalue weighted by molar-refractivity contribution is 6.10. The Labute approximate surface area is 206 Å². The molecule has 6 nitrogen and oxygen atoms in total. The number of fused-ring (bicyclic) bond motifs is 2. The highest BCUT2D eigenvalue weighted by atomic mass is 19.1. The third-order valence-electron chi connectivity index (χ3n) is 6.68. The van der Waals surface area contributed by atoms with Crippen molar-refractivity contribution in [1.29, 1.82) is 0 Å². The second-order valence-electron chi connectivity index (χ2n) is 8.76. The van der Waals surface area contributed by atoms with Gasteiger partial charge in [-0.05, 0) is 23.3 Å². The maximum atomic E-state index is 15.5. The number of hydrogen-bond acceptors (Lipinski definition) is 5. The highest BCUT2D eigenvalue weighted by Crippen LogP contribution is 2.53. The van der Waals surface area contributed by atoms with E-state index < -0.39 is 23.4 Å². The molecule has 2 N–H and O–H groups in total. The van der Waals surface area contributed by atoms with Crippen molar-refractivity contribution in [3.63, 3.8) is 0 Å². The quantitative estimate of drug-likeness (QED) is 0.441. The molecular formula is C29H22FNO5. The van der Waals surface area contributed by atoms with Gasteiger partial charge in [0.2, 0.25) is 5.60 Å². The number of nitrogens with zero attached hydrogens (tertiary/aromatic N) is 1. The van der Waals surface area contributed by atoms with Crippen molar-refractivity contribution < 1.29 is 28.9 Å². The lowest BCUT2D eigenvalue weighted by Crippen LogP contribution is -2.43. The number of phenolic OH excluding ortho intramolecular Hbond substituents is 1. The average Bonchev–Trinajstić information content (AvgIpc) is 3.13. The van der Waals surface area contributed by atoms with Gasteiger partial charge in [0, 0.05) is 17.2 Å². The van der Waals surface area contributed by atoms with Gasteiger partial charge in [0.1, 0.15) is 24.8 Å². The van der Waals surface area contributed by atoms with Crippen LogP contribution >= 0.6 is 0 Å². The van der Waals surface area contributed by atoms with Crippen molar-refractivity contribution in [3.05, 3.63) is 119 Å². The van der Waals surface area contributed by atoms with Gasteiger partial charge in [-0.15, -0.1) is 0 Å². The lowest BCUT2D eigenvalue weighted by atomic mass is 9.86. The molecule has 4 aromatic carbocycles. The first-order valence-corrected chi connectivity index (χ1v) is 11.6. The Balaban J connectivity index is 1.60. The smallest absolute Gasteiger partial charge is 0.269 e. The van der Waals surface area contributed by atoms with Gasteiger partial charge in [-0.3, -0.25) is 9.69 Å². The van der Waals surface area contributed by atoms with Crippen LogP contribution in [0, 0.1) is 5.82 Å². The molecule has 2 aliphatic heterocycles. The zero-order valence-corrected chi connectivity index (χ0v) is 19.1. The number of ether oxygens (including phenoxy) is 2. The summed E-state index contributed by atoms with van der Waals surface area (Å²) in [6.45, 7) is 0.595. The molecule has 180 valence electrons. The fraction of sp³-hybridized carbons (Fsp3) is 0.138. The van der Waals surface area contributed by atoms with Crippen LogP contribution in [-0.2, 0) is 10.4 Å². The number of rotatable bonds is 4. The maximum Gasteiger partial charge on any atom is 0.269 e. The Morgan fingerprint density at radius 3 is 2.00 bits per heavy atom. The number of phenols is 1. The zero-order valence-electron chi connectivity index (χ0n) is 19.1. The van der Waals surface area contributed by atoms with E-state index >= 15 is 4.39 Å². The van der Waals surface area contributed by atoms with E-state index in [1.165, 1.54) is 35.2 Å². The van der Waals surface area contributed by atoms with Crippen LogP contribution in [-0.4, -0.2) is 29.3 Å². The Morgan fingerprint density at radius 2 is 1.39 bits per heavy atom. The summed E-state index contributed by atoms with van der Waals surface area (Å²) in [5.74, 6) is -1.21. The van der Waals surface area contributed by atoms with Gasteiger partial charge in [-0.1, -0.05) is 72.8 Å². The summed E-state index contributed by atoms with van der Waals surface area (Å²) in [6.07, 6.45) is 0. The van der Waals surface area contributed by atoms with Gasteiger partial charge >= 0.3 is 0 Å². The Kier molecular flexibility index (Phi) is 5.16. The van der Waals surface area contributed by atoms with Crippen LogP contribution in [0.3, 0.4) is 0 Å². The summed E-state index contributed by atoms with van der Waals surface area (Å²) >= 11 is 0. The first-order valence-electron chi connectivity index (χ1n) is 11.6. The maximum absolute atomic E-state index is 15.5. The molecular weight excluding hydrogens is 461 g/mol. The SMILES string of the molecule is O=C1N(C(c2ccccc2)c2ccccc2)c2c(F)cccc2C1(O)c1cc2c(cc1O)OCCO2. The molecule has 0 bridgehead atoms. The van der Waals surface area contributed by atoms with Gasteiger partial charge in [-0.25, -0.2) is 4.39 Å². The van der Waals surface area contributed by atoms with Crippen LogP contribution in [0.5, 0.6) is 17.2 Å². The summed E-state index contributed by atoms with van der Waals surface area (Å²) in [7, 11) is 0. The van der Waals surface area contributed by atoms with Gasteiger partial charge in [0.05, 0.1) is 11.7 Å². The van der Waals surface area contributed by atoms with Crippen LogP contribution in [0.2, 0.25) is 0 Å². The van der Waals surface area contributed by atoms with Crippen molar-refractivity contribution in [2.45, 2.75) is 11.6 Å². The number of hydrogen-bond donors (Lipinski definition) is 2. The van der Waals surface area contributed by atoms with Crippen molar-refractivity contribution in [3.8, 4) is 17.2 Å². The standard InChI is InChI=1S/C29H22FNO5/c30-22-13-7-12-20-27(22)31(26(18-8-3-1-4-9-18)19-10-5-2-6-11-19)28(33)29(20,34)21-16-24-25(17-23(21)32)36-15-14-35-24/h1-13,16-17,26,32,34H,14-15H2. The van der Waals surface area contributed by atoms with Crippen LogP contribution in [0.15, 0.2) is 91.0 Å². The summed E-state index contributed by atoms with van der Waals surface area (Å²) in [4.78, 5) is 15.6. The molecule has 0 spiro atoms. The third kappa shape index (κ3) is 3.24. The van der Waals surface area contributed by atoms with Crippen LogP contribution in [0.4, 0.5) is 10.1 Å². The van der Waals surface area contributed by atoms with Crippen molar-refractivity contribution >= 4 is 11.6 Å². The first-order chi connectivity index (χ1) is 17.5. The fourth-order valence-electron chi connectivity index (χ4n) is 5.08. The van der Waals surface area contributed by atoms with E-state index in [0.29, 0.717) is 12.4 Å². The normalized spacial score (nSPS) is 18.4. The molecule has 0 radical (unpaired) electrons. The van der Waals surface area contributed by atoms with Gasteiger partial charge in [0.15, 0.2) is 11.5 Å². The molecule has 0 fully saturated rings. The predicted molar refractivity (Wildman–Crippen MR) is 131 cm³/mol. The topological polar surface area (TPSA) is 79.2 Å². The Bertz CT molecular complexity index is 1420. The predicted octanol–water partition coefficient (Wildman–Crippen LogP) is 4.67. The molecule has 0 aromatic heterocycles. The van der Waals surface area contributed by atoms with E-state index in [4.69, 9.17) is 9.47 Å². The Hall–Kier alpha value is -4.36. The number of amides is 1. The number of carbonyl (C=O) groups is 1. The molecule has 0 aliphatic carbocycles. The molecule has 36 heavy (non-hydrogen) atoms. The van der Waals surface area contributed by atoms with Crippen molar-refractivity contribution in [2.24, 2.45) is 0 Å². The molecule has 2 heterocycles. The minimum atomic E-state index is -2.36. The number of carbonyl (C=O) groups excluding carboxylic acids is 1. The lowest BCUT2D eigenvalue weighted by molar-refractivity contribution is -0.132. The Morgan fingerprint density at radius 1 is 0.806 bits per heavy atom. The summed E-state index contributed by atoms with van der Waals surface area (Å²) in [6, 6.07) is 24.6. The third-order valence-corrected chi connectivity index (χ3v) is 6.68. The molecule has 1 unspecified atom stereocenters. The largest absolute Gasteiger partial charge is 0.507 e. The van der Waals surface area contributed by atoms with E-state index in [2.05, 4.69) is 0 Å². The van der Waals surface area contributed by atoms with Crippen LogP contribution in [0.1, 0.15) is 28.3 Å². The molecule has 6 rings (SSSR count). The molecule has 0 saturated heterocycles. The summed E-state index contributed by atoms with van der Waals surface area (Å²) in [5, 5.41) is 23.0. The highest BCUT2D eigenvalue weighted by Gasteiger charge is 2.56. The van der Waals surface area contributed by atoms with Gasteiger partial charge < -0.3 is 19.7 Å². The molecule has 7 heteroatoms. The number of aliphatic hydroxyl groups is 1. The molecule has 1 amide bonds. The number of aromatic hydroxyl groups is 1. The summed E-state index contributed by atoms with van der Waals surface area (Å²) < 4.78 is 26.7. The fourth-order valence-corrected chi connectivity index (χ4v) is 5.08. The monoisotopic (exact) mass is 483 g/mol. The second-order valence-corrected chi connectivity index (χ2v) is 8.76. The number of halogens is 1. The second kappa shape index (κ2) is 8.39. The average molecular weight is 483 g/mol. The number of para-hydroxylation sites is 1. The molecule has 4 aromatic rings. The van der Waals surface area contributed by atoms with Crippen LogP contribution in [0.25, 0.3) is 0 Å². The van der Waals surface area contributed by atoms with Crippen LogP contribution < -0.4 is 14.4 Å². The van der Waals surface area contributed by atoms with Gasteiger partial charge in [0.25, 0.3) is 5.91 Å². The summed E-state index contributed by atoms with van der Waals surface area (Å²) in [5.41, 5.74) is -0.998. The first kappa shape index (κ1) is 22.1. The van der Waals surface area contributed by atoms with E-state index in [0.717, 1.165) is 11.1 Å². The van der Waals surface area contributed by atoms with Crippen molar-refractivity contribution in [1.82, 2.24) is 0 Å². The molecule has 2 aliphatic rings. The number of anilines is 1. The van der Waals surface area contributed by atoms with E-state index in [9.17, 15) is 15.0 Å². The number of benzene rings is 4.